The van der Waals surface area contributed by atoms with Gasteiger partial charge < -0.3 is 10.5 Å². The van der Waals surface area contributed by atoms with Crippen molar-refractivity contribution in [2.45, 2.75) is 25.8 Å². The molecule has 0 saturated carbocycles. The molecule has 0 aromatic heterocycles. The van der Waals surface area contributed by atoms with Gasteiger partial charge in [0.25, 0.3) is 0 Å². The molecule has 0 spiro atoms. The Balaban J connectivity index is 2.68. The van der Waals surface area contributed by atoms with Crippen LogP contribution < -0.4 is 10.5 Å². The van der Waals surface area contributed by atoms with Crippen molar-refractivity contribution in [1.29, 1.82) is 0 Å². The van der Waals surface area contributed by atoms with Crippen LogP contribution in [0.15, 0.2) is 21.1 Å². The van der Waals surface area contributed by atoms with Crippen molar-refractivity contribution in [3.8, 4) is 5.75 Å². The Morgan fingerprint density at radius 1 is 1.33 bits per heavy atom. The van der Waals surface area contributed by atoms with Crippen LogP contribution in [-0.2, 0) is 6.42 Å². The van der Waals surface area contributed by atoms with Gasteiger partial charge in [0.05, 0.1) is 15.6 Å². The minimum absolute atomic E-state index is 0.164. The summed E-state index contributed by atoms with van der Waals surface area (Å²) in [4.78, 5) is 0. The molecule has 2 nitrogen and oxygen atoms in total. The van der Waals surface area contributed by atoms with Crippen molar-refractivity contribution in [2.75, 3.05) is 18.6 Å². The van der Waals surface area contributed by atoms with Gasteiger partial charge in [-0.15, -0.1) is 0 Å². The van der Waals surface area contributed by atoms with Gasteiger partial charge in [0.1, 0.15) is 5.75 Å². The van der Waals surface area contributed by atoms with E-state index in [0.717, 1.165) is 39.9 Å². The first kappa shape index (κ1) is 16.3. The molecular weight excluding hydrogens is 378 g/mol. The van der Waals surface area contributed by atoms with Crippen LogP contribution in [0.5, 0.6) is 5.75 Å². The molecule has 1 unspecified atom stereocenters. The van der Waals surface area contributed by atoms with Gasteiger partial charge in [-0.2, -0.15) is 11.8 Å². The fraction of sp³-hybridized carbons (Fsp3) is 0.538. The third kappa shape index (κ3) is 5.51. The maximum absolute atomic E-state index is 5.81. The first-order valence-corrected chi connectivity index (χ1v) is 8.87. The molecule has 0 aliphatic rings. The average molecular weight is 397 g/mol. The van der Waals surface area contributed by atoms with E-state index in [9.17, 15) is 0 Å². The van der Waals surface area contributed by atoms with E-state index in [4.69, 9.17) is 10.5 Å². The zero-order valence-corrected chi connectivity index (χ0v) is 14.7. The summed E-state index contributed by atoms with van der Waals surface area (Å²) in [7, 11) is 0. The largest absolute Gasteiger partial charge is 0.491 e. The predicted molar refractivity (Wildman–Crippen MR) is 87.7 cm³/mol. The molecule has 0 heterocycles. The zero-order chi connectivity index (χ0) is 13.5. The van der Waals surface area contributed by atoms with E-state index in [2.05, 4.69) is 50.2 Å². The lowest BCUT2D eigenvalue weighted by atomic mass is 10.1. The third-order valence-corrected chi connectivity index (χ3v) is 4.23. The Kier molecular flexibility index (Phi) is 7.68. The summed E-state index contributed by atoms with van der Waals surface area (Å²) >= 11 is 8.95. The SMILES string of the molecule is CSCCCOc1c(Br)cc(CC(C)N)cc1Br. The molecular formula is C13H19Br2NOS. The monoisotopic (exact) mass is 395 g/mol. The molecule has 0 aliphatic heterocycles. The van der Waals surface area contributed by atoms with Crippen molar-refractivity contribution in [3.05, 3.63) is 26.6 Å². The van der Waals surface area contributed by atoms with Crippen LogP contribution in [0.25, 0.3) is 0 Å². The summed E-state index contributed by atoms with van der Waals surface area (Å²) < 4.78 is 7.76. The van der Waals surface area contributed by atoms with Gasteiger partial charge in [-0.05, 0) is 81.3 Å². The van der Waals surface area contributed by atoms with Gasteiger partial charge in [-0.25, -0.2) is 0 Å². The fourth-order valence-electron chi connectivity index (χ4n) is 1.62. The maximum Gasteiger partial charge on any atom is 0.147 e. The van der Waals surface area contributed by atoms with Crippen LogP contribution in [-0.4, -0.2) is 24.7 Å². The number of ether oxygens (including phenoxy) is 1. The van der Waals surface area contributed by atoms with Crippen LogP contribution in [0, 0.1) is 0 Å². The zero-order valence-electron chi connectivity index (χ0n) is 10.7. The van der Waals surface area contributed by atoms with Crippen LogP contribution in [0.3, 0.4) is 0 Å². The second kappa shape index (κ2) is 8.46. The summed E-state index contributed by atoms with van der Waals surface area (Å²) in [6.45, 7) is 2.75. The van der Waals surface area contributed by atoms with E-state index < -0.39 is 0 Å². The lowest BCUT2D eigenvalue weighted by Crippen LogP contribution is -2.17. The Bertz CT molecular complexity index is 362. The second-order valence-corrected chi connectivity index (χ2v) is 6.96. The summed E-state index contributed by atoms with van der Waals surface area (Å²) in [6, 6.07) is 4.33. The molecule has 0 amide bonds. The fourth-order valence-corrected chi connectivity index (χ4v) is 3.53. The van der Waals surface area contributed by atoms with Crippen molar-refractivity contribution < 1.29 is 4.74 Å². The molecule has 1 atom stereocenters. The van der Waals surface area contributed by atoms with Crippen LogP contribution in [0.2, 0.25) is 0 Å². The first-order valence-electron chi connectivity index (χ1n) is 5.89. The number of hydrogen-bond acceptors (Lipinski definition) is 3. The molecule has 18 heavy (non-hydrogen) atoms. The summed E-state index contributed by atoms with van der Waals surface area (Å²) in [5, 5.41) is 0. The van der Waals surface area contributed by atoms with Crippen LogP contribution >= 0.6 is 43.6 Å². The van der Waals surface area contributed by atoms with E-state index in [1.54, 1.807) is 0 Å². The third-order valence-electron chi connectivity index (χ3n) is 2.35. The van der Waals surface area contributed by atoms with Gasteiger partial charge in [0.2, 0.25) is 0 Å². The average Bonchev–Trinajstić information content (AvgIpc) is 2.26. The highest BCUT2D eigenvalue weighted by Gasteiger charge is 2.10. The topological polar surface area (TPSA) is 35.2 Å². The van der Waals surface area contributed by atoms with Gasteiger partial charge >= 0.3 is 0 Å². The number of nitrogens with two attached hydrogens (primary N) is 1. The van der Waals surface area contributed by atoms with E-state index in [0.29, 0.717) is 0 Å². The summed E-state index contributed by atoms with van der Waals surface area (Å²) in [5.74, 6) is 2.00. The number of thioether (sulfide) groups is 1. The summed E-state index contributed by atoms with van der Waals surface area (Å²) in [6.07, 6.45) is 4.03. The molecule has 2 N–H and O–H groups in total. The van der Waals surface area contributed by atoms with Gasteiger partial charge in [-0.1, -0.05) is 0 Å². The van der Waals surface area contributed by atoms with E-state index >= 15 is 0 Å². The van der Waals surface area contributed by atoms with Gasteiger partial charge in [0.15, 0.2) is 0 Å². The molecule has 0 radical (unpaired) electrons. The second-order valence-electron chi connectivity index (χ2n) is 4.26. The van der Waals surface area contributed by atoms with Crippen LogP contribution in [0.4, 0.5) is 0 Å². The highest BCUT2D eigenvalue weighted by molar-refractivity contribution is 9.11. The molecule has 0 bridgehead atoms. The molecule has 0 fully saturated rings. The highest BCUT2D eigenvalue weighted by atomic mass is 79.9. The molecule has 0 aliphatic carbocycles. The van der Waals surface area contributed by atoms with Crippen molar-refractivity contribution in [1.82, 2.24) is 0 Å². The molecule has 1 aromatic rings. The minimum Gasteiger partial charge on any atom is -0.491 e. The Morgan fingerprint density at radius 3 is 2.44 bits per heavy atom. The molecule has 5 heteroatoms. The van der Waals surface area contributed by atoms with Gasteiger partial charge in [0, 0.05) is 6.04 Å². The number of rotatable bonds is 7. The predicted octanol–water partition coefficient (Wildman–Crippen LogP) is 4.23. The number of benzene rings is 1. The Labute approximate surface area is 130 Å². The summed E-state index contributed by atoms with van der Waals surface area (Å²) in [5.41, 5.74) is 7.02. The molecule has 1 rings (SSSR count). The maximum atomic E-state index is 5.81. The Hall–Kier alpha value is 0.290. The lowest BCUT2D eigenvalue weighted by molar-refractivity contribution is 0.314. The van der Waals surface area contributed by atoms with Gasteiger partial charge in [-0.3, -0.25) is 0 Å². The van der Waals surface area contributed by atoms with E-state index in [-0.39, 0.29) is 6.04 Å². The number of hydrogen-bond donors (Lipinski definition) is 1. The standard InChI is InChI=1S/C13H19Br2NOS/c1-9(16)6-10-7-11(14)13(12(15)8-10)17-4-3-5-18-2/h7-9H,3-6,16H2,1-2H3. The smallest absolute Gasteiger partial charge is 0.147 e. The number of halogens is 2. The Morgan fingerprint density at radius 2 is 1.94 bits per heavy atom. The van der Waals surface area contributed by atoms with Crippen LogP contribution in [0.1, 0.15) is 18.9 Å². The van der Waals surface area contributed by atoms with Crippen molar-refractivity contribution >= 4 is 43.6 Å². The van der Waals surface area contributed by atoms with E-state index in [1.807, 2.05) is 18.7 Å². The quantitative estimate of drug-likeness (QED) is 0.700. The van der Waals surface area contributed by atoms with E-state index in [1.165, 1.54) is 5.56 Å². The van der Waals surface area contributed by atoms with Crippen molar-refractivity contribution in [2.24, 2.45) is 5.73 Å². The normalized spacial score (nSPS) is 12.5. The molecule has 102 valence electrons. The lowest BCUT2D eigenvalue weighted by Gasteiger charge is -2.13. The minimum atomic E-state index is 0.164. The highest BCUT2D eigenvalue weighted by Crippen LogP contribution is 2.35. The molecule has 1 aromatic carbocycles. The molecule has 0 saturated heterocycles. The first-order chi connectivity index (χ1) is 8.54. The van der Waals surface area contributed by atoms with Crippen molar-refractivity contribution in [3.63, 3.8) is 0 Å².